The van der Waals surface area contributed by atoms with Crippen molar-refractivity contribution in [3.05, 3.63) is 0 Å². The van der Waals surface area contributed by atoms with Gasteiger partial charge in [0.05, 0.1) is 25.7 Å². The van der Waals surface area contributed by atoms with Crippen LogP contribution in [0.1, 0.15) is 59.3 Å². The predicted molar refractivity (Wildman–Crippen MR) is 63.4 cm³/mol. The van der Waals surface area contributed by atoms with E-state index in [1.54, 1.807) is 0 Å². The first-order chi connectivity index (χ1) is 6.79. The third kappa shape index (κ3) is 2.50. The lowest BCUT2D eigenvalue weighted by atomic mass is 10.1. The average Bonchev–Trinajstić information content (AvgIpc) is 2.67. The van der Waals surface area contributed by atoms with Crippen molar-refractivity contribution in [2.75, 3.05) is 19.6 Å². The summed E-state index contributed by atoms with van der Waals surface area (Å²) in [7, 11) is 0. The smallest absolute Gasteiger partial charge is 0.0884 e. The molecule has 14 heavy (non-hydrogen) atoms. The first kappa shape index (κ1) is 12.0. The molecule has 0 aliphatic carbocycles. The van der Waals surface area contributed by atoms with Crippen molar-refractivity contribution in [3.8, 4) is 0 Å². The molecule has 0 atom stereocenters. The molecule has 0 radical (unpaired) electrons. The van der Waals surface area contributed by atoms with E-state index in [1.165, 1.54) is 62.6 Å². The highest BCUT2D eigenvalue weighted by Crippen LogP contribution is 2.28. The summed E-state index contributed by atoms with van der Waals surface area (Å²) in [6.07, 6.45) is 8.48. The average molecular weight is 198 g/mol. The van der Waals surface area contributed by atoms with E-state index >= 15 is 0 Å². The van der Waals surface area contributed by atoms with E-state index in [9.17, 15) is 0 Å². The largest absolute Gasteiger partial charge is 0.321 e. The first-order valence-electron chi connectivity index (χ1n) is 6.64. The van der Waals surface area contributed by atoms with Crippen LogP contribution in [-0.4, -0.2) is 30.2 Å². The predicted octanol–water partition coefficient (Wildman–Crippen LogP) is 3.59. The first-order valence-corrected chi connectivity index (χ1v) is 6.64. The van der Waals surface area contributed by atoms with Crippen LogP contribution >= 0.6 is 0 Å². The van der Waals surface area contributed by atoms with Crippen molar-refractivity contribution < 1.29 is 4.48 Å². The third-order valence-electron chi connectivity index (χ3n) is 4.13. The number of hydrogen-bond donors (Lipinski definition) is 0. The molecule has 1 heteroatoms. The zero-order valence-corrected chi connectivity index (χ0v) is 10.4. The van der Waals surface area contributed by atoms with Crippen molar-refractivity contribution in [3.63, 3.8) is 0 Å². The van der Waals surface area contributed by atoms with Gasteiger partial charge in [-0.05, 0) is 19.3 Å². The molecule has 1 saturated heterocycles. The van der Waals surface area contributed by atoms with Crippen molar-refractivity contribution in [1.82, 2.24) is 0 Å². The summed E-state index contributed by atoms with van der Waals surface area (Å²) in [6.45, 7) is 11.4. The van der Waals surface area contributed by atoms with E-state index in [-0.39, 0.29) is 0 Å². The molecule has 0 aromatic rings. The molecule has 0 amide bonds. The molecule has 0 bridgehead atoms. The van der Waals surface area contributed by atoms with Gasteiger partial charge in [0.25, 0.3) is 0 Å². The molecular weight excluding hydrogens is 170 g/mol. The molecule has 0 saturated carbocycles. The van der Waals surface area contributed by atoms with Crippen LogP contribution in [0.3, 0.4) is 0 Å². The van der Waals surface area contributed by atoms with Crippen LogP contribution in [0, 0.1) is 0 Å². The van der Waals surface area contributed by atoms with Gasteiger partial charge in [-0.3, -0.25) is 0 Å². The van der Waals surface area contributed by atoms with Crippen LogP contribution in [0.15, 0.2) is 0 Å². The summed E-state index contributed by atoms with van der Waals surface area (Å²) < 4.78 is 1.46. The summed E-state index contributed by atoms with van der Waals surface area (Å²) in [5.41, 5.74) is 0. The highest BCUT2D eigenvalue weighted by molar-refractivity contribution is 4.63. The Bertz CT molecular complexity index is 143. The lowest BCUT2D eigenvalue weighted by Crippen LogP contribution is -2.53. The Balaban J connectivity index is 2.59. The summed E-state index contributed by atoms with van der Waals surface area (Å²) in [5, 5.41) is 0. The second-order valence-corrected chi connectivity index (χ2v) is 4.92. The van der Waals surface area contributed by atoms with E-state index in [0.717, 1.165) is 6.04 Å². The van der Waals surface area contributed by atoms with Crippen LogP contribution in [0.5, 0.6) is 0 Å². The minimum absolute atomic E-state index is 0.948. The summed E-state index contributed by atoms with van der Waals surface area (Å²) >= 11 is 0. The zero-order valence-electron chi connectivity index (χ0n) is 10.4. The van der Waals surface area contributed by atoms with Crippen molar-refractivity contribution in [2.24, 2.45) is 0 Å². The highest BCUT2D eigenvalue weighted by atomic mass is 15.4. The Morgan fingerprint density at radius 3 is 2.00 bits per heavy atom. The zero-order chi connectivity index (χ0) is 10.4. The SMILES string of the molecule is CCCC[N+]1(C(CC)CC)CCCC1. The molecule has 0 spiro atoms. The maximum Gasteiger partial charge on any atom is 0.0884 e. The van der Waals surface area contributed by atoms with Gasteiger partial charge in [0.1, 0.15) is 0 Å². The quantitative estimate of drug-likeness (QED) is 0.572. The minimum Gasteiger partial charge on any atom is -0.321 e. The number of quaternary nitrogens is 1. The summed E-state index contributed by atoms with van der Waals surface area (Å²) in [4.78, 5) is 0. The van der Waals surface area contributed by atoms with Crippen molar-refractivity contribution in [2.45, 2.75) is 65.3 Å². The molecule has 0 aromatic carbocycles. The molecule has 84 valence electrons. The van der Waals surface area contributed by atoms with Gasteiger partial charge in [0.2, 0.25) is 0 Å². The molecule has 0 N–H and O–H groups in total. The fourth-order valence-corrected chi connectivity index (χ4v) is 3.27. The maximum absolute atomic E-state index is 2.37. The maximum atomic E-state index is 2.37. The van der Waals surface area contributed by atoms with E-state index in [2.05, 4.69) is 20.8 Å². The molecule has 1 rings (SSSR count). The van der Waals surface area contributed by atoms with Crippen LogP contribution in [-0.2, 0) is 0 Å². The monoisotopic (exact) mass is 198 g/mol. The van der Waals surface area contributed by atoms with Crippen LogP contribution < -0.4 is 0 Å². The molecule has 1 fully saturated rings. The lowest BCUT2D eigenvalue weighted by molar-refractivity contribution is -0.941. The third-order valence-corrected chi connectivity index (χ3v) is 4.13. The molecule has 1 heterocycles. The minimum atomic E-state index is 0.948. The van der Waals surface area contributed by atoms with Gasteiger partial charge in [-0.15, -0.1) is 0 Å². The van der Waals surface area contributed by atoms with Crippen LogP contribution in [0.2, 0.25) is 0 Å². The molecule has 1 aliphatic rings. The Morgan fingerprint density at radius 1 is 1.00 bits per heavy atom. The molecular formula is C13H28N+. The van der Waals surface area contributed by atoms with Crippen molar-refractivity contribution in [1.29, 1.82) is 0 Å². The second-order valence-electron chi connectivity index (χ2n) is 4.92. The topological polar surface area (TPSA) is 0 Å². The van der Waals surface area contributed by atoms with Crippen molar-refractivity contribution >= 4 is 0 Å². The number of likely N-dealkylation sites (tertiary alicyclic amines) is 1. The van der Waals surface area contributed by atoms with Gasteiger partial charge in [-0.1, -0.05) is 27.2 Å². The Labute approximate surface area is 90.1 Å². The summed E-state index contributed by atoms with van der Waals surface area (Å²) in [5.74, 6) is 0. The Kier molecular flexibility index (Phi) is 4.94. The van der Waals surface area contributed by atoms with Crippen LogP contribution in [0.4, 0.5) is 0 Å². The summed E-state index contributed by atoms with van der Waals surface area (Å²) in [6, 6.07) is 0.948. The van der Waals surface area contributed by atoms with Gasteiger partial charge >= 0.3 is 0 Å². The van der Waals surface area contributed by atoms with Crippen LogP contribution in [0.25, 0.3) is 0 Å². The molecule has 1 nitrogen and oxygen atoms in total. The van der Waals surface area contributed by atoms with E-state index in [0.29, 0.717) is 0 Å². The Morgan fingerprint density at radius 2 is 1.57 bits per heavy atom. The highest BCUT2D eigenvalue weighted by Gasteiger charge is 2.36. The Hall–Kier alpha value is -0.0400. The van der Waals surface area contributed by atoms with Gasteiger partial charge in [0, 0.05) is 12.8 Å². The number of unbranched alkanes of at least 4 members (excludes halogenated alkanes) is 1. The normalized spacial score (nSPS) is 20.6. The second kappa shape index (κ2) is 5.75. The number of nitrogens with zero attached hydrogens (tertiary/aromatic N) is 1. The van der Waals surface area contributed by atoms with Gasteiger partial charge in [-0.25, -0.2) is 0 Å². The molecule has 0 unspecified atom stereocenters. The lowest BCUT2D eigenvalue weighted by Gasteiger charge is -2.41. The fourth-order valence-electron chi connectivity index (χ4n) is 3.27. The van der Waals surface area contributed by atoms with Gasteiger partial charge < -0.3 is 4.48 Å². The van der Waals surface area contributed by atoms with E-state index in [1.807, 2.05) is 0 Å². The standard InChI is InChI=1S/C13H28N/c1-4-7-10-14(11-8-9-12-14)13(5-2)6-3/h13H,4-12H2,1-3H3/q+1. The van der Waals surface area contributed by atoms with E-state index in [4.69, 9.17) is 0 Å². The molecule has 0 aromatic heterocycles. The number of hydrogen-bond acceptors (Lipinski definition) is 0. The fraction of sp³-hybridized carbons (Fsp3) is 1.00. The number of rotatable bonds is 6. The van der Waals surface area contributed by atoms with Gasteiger partial charge in [0.15, 0.2) is 0 Å². The van der Waals surface area contributed by atoms with E-state index < -0.39 is 0 Å². The molecule has 1 aliphatic heterocycles. The van der Waals surface area contributed by atoms with Gasteiger partial charge in [-0.2, -0.15) is 0 Å².